The van der Waals surface area contributed by atoms with Crippen molar-refractivity contribution in [1.29, 1.82) is 0 Å². The van der Waals surface area contributed by atoms with Crippen molar-refractivity contribution in [3.63, 3.8) is 0 Å². The average Bonchev–Trinajstić information content (AvgIpc) is 2.96. The summed E-state index contributed by atoms with van der Waals surface area (Å²) < 4.78 is 5.69. The van der Waals surface area contributed by atoms with E-state index in [1.54, 1.807) is 11.9 Å². The molecule has 1 amide bonds. The third-order valence-corrected chi connectivity index (χ3v) is 3.41. The van der Waals surface area contributed by atoms with Gasteiger partial charge in [0.1, 0.15) is 17.9 Å². The second-order valence-corrected chi connectivity index (χ2v) is 4.98. The largest absolute Gasteiger partial charge is 0.493 e. The van der Waals surface area contributed by atoms with Crippen molar-refractivity contribution in [2.75, 3.05) is 13.7 Å². The normalized spacial score (nSPS) is 10.4. The smallest absolute Gasteiger partial charge is 0.226 e. The Morgan fingerprint density at radius 3 is 2.90 bits per heavy atom. The summed E-state index contributed by atoms with van der Waals surface area (Å²) >= 11 is 0. The third-order valence-electron chi connectivity index (χ3n) is 3.41. The van der Waals surface area contributed by atoms with Crippen LogP contribution in [-0.2, 0) is 11.3 Å². The SMILES string of the molecule is Cc1cccc(OCCC(=O)N(C)Cc2ncn[nH]2)c1C. The van der Waals surface area contributed by atoms with E-state index in [1.165, 1.54) is 11.9 Å². The first-order chi connectivity index (χ1) is 10.1. The quantitative estimate of drug-likeness (QED) is 0.880. The monoisotopic (exact) mass is 288 g/mol. The zero-order chi connectivity index (χ0) is 15.2. The number of benzene rings is 1. The number of amides is 1. The molecule has 0 saturated heterocycles. The third kappa shape index (κ3) is 4.05. The van der Waals surface area contributed by atoms with Crippen molar-refractivity contribution in [2.24, 2.45) is 0 Å². The molecule has 0 radical (unpaired) electrons. The number of nitrogens with one attached hydrogen (secondary N) is 1. The Kier molecular flexibility index (Phi) is 4.92. The maximum absolute atomic E-state index is 12.0. The first kappa shape index (κ1) is 15.0. The first-order valence-electron chi connectivity index (χ1n) is 6.85. The Hall–Kier alpha value is -2.37. The number of aryl methyl sites for hydroxylation is 1. The van der Waals surface area contributed by atoms with Crippen LogP contribution in [0.15, 0.2) is 24.5 Å². The van der Waals surface area contributed by atoms with Gasteiger partial charge in [-0.05, 0) is 31.0 Å². The minimum atomic E-state index is 0.0108. The van der Waals surface area contributed by atoms with Crippen LogP contribution in [0, 0.1) is 13.8 Å². The molecule has 1 aromatic carbocycles. The molecule has 0 fully saturated rings. The number of ether oxygens (including phenoxy) is 1. The van der Waals surface area contributed by atoms with Gasteiger partial charge in [-0.15, -0.1) is 0 Å². The summed E-state index contributed by atoms with van der Waals surface area (Å²) in [6.07, 6.45) is 1.76. The topological polar surface area (TPSA) is 71.1 Å². The standard InChI is InChI=1S/C15H20N4O2/c1-11-5-4-6-13(12(11)2)21-8-7-15(20)19(3)9-14-16-10-17-18-14/h4-6,10H,7-9H2,1-3H3,(H,16,17,18). The van der Waals surface area contributed by atoms with Gasteiger partial charge in [0.2, 0.25) is 5.91 Å². The van der Waals surface area contributed by atoms with Crippen LogP contribution < -0.4 is 4.74 Å². The van der Waals surface area contributed by atoms with Crippen molar-refractivity contribution in [3.8, 4) is 5.75 Å². The summed E-state index contributed by atoms with van der Waals surface area (Å²) in [6, 6.07) is 5.92. The van der Waals surface area contributed by atoms with E-state index < -0.39 is 0 Å². The van der Waals surface area contributed by atoms with Crippen LogP contribution in [-0.4, -0.2) is 39.6 Å². The lowest BCUT2D eigenvalue weighted by Crippen LogP contribution is -2.28. The first-order valence-corrected chi connectivity index (χ1v) is 6.85. The summed E-state index contributed by atoms with van der Waals surface area (Å²) in [5.41, 5.74) is 2.29. The number of carbonyl (C=O) groups is 1. The summed E-state index contributed by atoms with van der Waals surface area (Å²) in [5, 5.41) is 6.49. The lowest BCUT2D eigenvalue weighted by Gasteiger charge is -2.16. The molecule has 1 N–H and O–H groups in total. The molecule has 6 nitrogen and oxygen atoms in total. The Morgan fingerprint density at radius 1 is 1.38 bits per heavy atom. The van der Waals surface area contributed by atoms with E-state index in [1.807, 2.05) is 32.0 Å². The second-order valence-electron chi connectivity index (χ2n) is 4.98. The summed E-state index contributed by atoms with van der Waals surface area (Å²) in [4.78, 5) is 17.6. The number of H-pyrrole nitrogens is 1. The van der Waals surface area contributed by atoms with E-state index in [2.05, 4.69) is 15.2 Å². The average molecular weight is 288 g/mol. The Bertz CT molecular complexity index is 596. The molecule has 0 atom stereocenters. The molecule has 6 heteroatoms. The van der Waals surface area contributed by atoms with E-state index >= 15 is 0 Å². The van der Waals surface area contributed by atoms with Gasteiger partial charge in [0, 0.05) is 7.05 Å². The van der Waals surface area contributed by atoms with E-state index in [-0.39, 0.29) is 5.91 Å². The van der Waals surface area contributed by atoms with E-state index in [0.29, 0.717) is 25.4 Å². The Labute approximate surface area is 124 Å². The molecule has 21 heavy (non-hydrogen) atoms. The Balaban J connectivity index is 1.80. The van der Waals surface area contributed by atoms with E-state index in [9.17, 15) is 4.79 Å². The zero-order valence-corrected chi connectivity index (χ0v) is 12.6. The van der Waals surface area contributed by atoms with Gasteiger partial charge in [0.15, 0.2) is 0 Å². The fourth-order valence-corrected chi connectivity index (χ4v) is 1.94. The number of hydrogen-bond donors (Lipinski definition) is 1. The summed E-state index contributed by atoms with van der Waals surface area (Å²) in [5.74, 6) is 1.51. The molecule has 0 aliphatic rings. The molecule has 1 aromatic heterocycles. The summed E-state index contributed by atoms with van der Waals surface area (Å²) in [7, 11) is 1.74. The lowest BCUT2D eigenvalue weighted by atomic mass is 10.1. The number of aromatic amines is 1. The van der Waals surface area contributed by atoms with Gasteiger partial charge >= 0.3 is 0 Å². The van der Waals surface area contributed by atoms with Crippen molar-refractivity contribution >= 4 is 5.91 Å². The number of rotatable bonds is 6. The van der Waals surface area contributed by atoms with E-state index in [4.69, 9.17) is 4.74 Å². The molecule has 0 saturated carbocycles. The van der Waals surface area contributed by atoms with Gasteiger partial charge in [-0.3, -0.25) is 9.89 Å². The van der Waals surface area contributed by atoms with Crippen molar-refractivity contribution < 1.29 is 9.53 Å². The second kappa shape index (κ2) is 6.88. The minimum absolute atomic E-state index is 0.0108. The molecule has 0 unspecified atom stereocenters. The highest BCUT2D eigenvalue weighted by molar-refractivity contribution is 5.75. The molecule has 2 rings (SSSR count). The molecular formula is C15H20N4O2. The van der Waals surface area contributed by atoms with Gasteiger partial charge in [0.25, 0.3) is 0 Å². The van der Waals surface area contributed by atoms with Crippen molar-refractivity contribution in [1.82, 2.24) is 20.1 Å². The fourth-order valence-electron chi connectivity index (χ4n) is 1.94. The molecule has 2 aromatic rings. The zero-order valence-electron chi connectivity index (χ0n) is 12.6. The summed E-state index contributed by atoms with van der Waals surface area (Å²) in [6.45, 7) is 4.84. The van der Waals surface area contributed by atoms with Crippen LogP contribution in [0.2, 0.25) is 0 Å². The minimum Gasteiger partial charge on any atom is -0.493 e. The fraction of sp³-hybridized carbons (Fsp3) is 0.400. The molecule has 1 heterocycles. The highest BCUT2D eigenvalue weighted by atomic mass is 16.5. The van der Waals surface area contributed by atoms with Crippen LogP contribution in [0.5, 0.6) is 5.75 Å². The van der Waals surface area contributed by atoms with Crippen LogP contribution in [0.3, 0.4) is 0 Å². The predicted octanol–water partition coefficient (Wildman–Crippen LogP) is 1.85. The molecule has 0 aliphatic carbocycles. The number of hydrogen-bond acceptors (Lipinski definition) is 4. The van der Waals surface area contributed by atoms with Gasteiger partial charge in [0.05, 0.1) is 19.6 Å². The van der Waals surface area contributed by atoms with Crippen LogP contribution in [0.4, 0.5) is 0 Å². The molecule has 112 valence electrons. The van der Waals surface area contributed by atoms with Crippen LogP contribution >= 0.6 is 0 Å². The molecule has 0 aliphatic heterocycles. The molecule has 0 bridgehead atoms. The van der Waals surface area contributed by atoms with Crippen LogP contribution in [0.25, 0.3) is 0 Å². The molecule has 0 spiro atoms. The van der Waals surface area contributed by atoms with Gasteiger partial charge in [-0.1, -0.05) is 12.1 Å². The Morgan fingerprint density at radius 2 is 2.19 bits per heavy atom. The van der Waals surface area contributed by atoms with Gasteiger partial charge < -0.3 is 9.64 Å². The number of nitrogens with zero attached hydrogens (tertiary/aromatic N) is 3. The highest BCUT2D eigenvalue weighted by Gasteiger charge is 2.11. The highest BCUT2D eigenvalue weighted by Crippen LogP contribution is 2.20. The maximum Gasteiger partial charge on any atom is 0.226 e. The predicted molar refractivity (Wildman–Crippen MR) is 78.9 cm³/mol. The van der Waals surface area contributed by atoms with Crippen LogP contribution in [0.1, 0.15) is 23.4 Å². The van der Waals surface area contributed by atoms with Crippen molar-refractivity contribution in [3.05, 3.63) is 41.5 Å². The lowest BCUT2D eigenvalue weighted by molar-refractivity contribution is -0.131. The van der Waals surface area contributed by atoms with Gasteiger partial charge in [-0.25, -0.2) is 4.98 Å². The number of carbonyl (C=O) groups excluding carboxylic acids is 1. The van der Waals surface area contributed by atoms with Crippen molar-refractivity contribution in [2.45, 2.75) is 26.8 Å². The molecular weight excluding hydrogens is 268 g/mol. The number of aromatic nitrogens is 3. The maximum atomic E-state index is 12.0. The van der Waals surface area contributed by atoms with E-state index in [0.717, 1.165) is 11.3 Å². The van der Waals surface area contributed by atoms with Gasteiger partial charge in [-0.2, -0.15) is 5.10 Å².